The van der Waals surface area contributed by atoms with Gasteiger partial charge in [-0.05, 0) is 26.0 Å². The first kappa shape index (κ1) is 12.6. The summed E-state index contributed by atoms with van der Waals surface area (Å²) >= 11 is 7.97. The molecule has 0 spiro atoms. The predicted molar refractivity (Wildman–Crippen MR) is 80.0 cm³/mol. The van der Waals surface area contributed by atoms with E-state index in [9.17, 15) is 0 Å². The summed E-state index contributed by atoms with van der Waals surface area (Å²) in [5.41, 5.74) is 2.11. The van der Waals surface area contributed by atoms with Crippen LogP contribution in [0.1, 0.15) is 28.0 Å². The molecule has 5 heteroatoms. The average molecular weight is 292 g/mol. The number of alkyl halides is 1. The van der Waals surface area contributed by atoms with Gasteiger partial charge in [0.1, 0.15) is 5.82 Å². The summed E-state index contributed by atoms with van der Waals surface area (Å²) in [6.45, 7) is 4.75. The van der Waals surface area contributed by atoms with Gasteiger partial charge in [-0.3, -0.25) is 0 Å². The third-order valence-electron chi connectivity index (χ3n) is 3.02. The number of imidazole rings is 1. The maximum atomic E-state index is 6.26. The van der Waals surface area contributed by atoms with E-state index in [1.54, 1.807) is 11.3 Å². The monoisotopic (exact) mass is 291 g/mol. The Kier molecular flexibility index (Phi) is 3.29. The smallest absolute Gasteiger partial charge is 0.128 e. The molecule has 0 radical (unpaired) electrons. The summed E-state index contributed by atoms with van der Waals surface area (Å²) in [5, 5.41) is 0.973. The zero-order valence-electron chi connectivity index (χ0n) is 10.8. The lowest BCUT2D eigenvalue weighted by molar-refractivity contribution is 0.749. The van der Waals surface area contributed by atoms with E-state index in [-0.39, 0.29) is 5.38 Å². The Labute approximate surface area is 120 Å². The standard InChI is InChI=1S/C14H14ClN3S/c1-9(15)14-17-12-5-3-4-6-13(12)18(14)8-11-7-16-10(2)19-11/h3-7,9H,8H2,1-2H3. The molecule has 0 fully saturated rings. The number of fused-ring (bicyclic) bond motifs is 1. The molecule has 0 aliphatic heterocycles. The van der Waals surface area contributed by atoms with Crippen LogP contribution in [0, 0.1) is 6.92 Å². The molecule has 0 aliphatic carbocycles. The molecule has 0 bridgehead atoms. The number of hydrogen-bond donors (Lipinski definition) is 0. The molecule has 2 aromatic heterocycles. The van der Waals surface area contributed by atoms with Crippen LogP contribution in [0.3, 0.4) is 0 Å². The van der Waals surface area contributed by atoms with Crippen molar-refractivity contribution < 1.29 is 0 Å². The zero-order valence-corrected chi connectivity index (χ0v) is 12.4. The number of hydrogen-bond acceptors (Lipinski definition) is 3. The fourth-order valence-corrected chi connectivity index (χ4v) is 3.15. The van der Waals surface area contributed by atoms with Crippen molar-refractivity contribution in [2.45, 2.75) is 25.8 Å². The highest BCUT2D eigenvalue weighted by Gasteiger charge is 2.15. The van der Waals surface area contributed by atoms with Gasteiger partial charge in [-0.1, -0.05) is 12.1 Å². The number of aromatic nitrogens is 3. The second-order valence-electron chi connectivity index (χ2n) is 4.51. The van der Waals surface area contributed by atoms with E-state index in [1.807, 2.05) is 38.2 Å². The minimum absolute atomic E-state index is 0.110. The summed E-state index contributed by atoms with van der Waals surface area (Å²) in [4.78, 5) is 10.2. The van der Waals surface area contributed by atoms with Gasteiger partial charge in [0.15, 0.2) is 0 Å². The summed E-state index contributed by atoms with van der Waals surface area (Å²) in [5.74, 6) is 0.911. The van der Waals surface area contributed by atoms with Crippen molar-refractivity contribution in [1.29, 1.82) is 0 Å². The predicted octanol–water partition coefficient (Wildman–Crippen LogP) is 4.15. The SMILES string of the molecule is Cc1ncc(Cn2c(C(C)Cl)nc3ccccc32)s1. The molecule has 0 amide bonds. The van der Waals surface area contributed by atoms with Crippen LogP contribution in [0.25, 0.3) is 11.0 Å². The molecule has 1 unspecified atom stereocenters. The molecule has 0 saturated heterocycles. The number of nitrogens with zero attached hydrogens (tertiary/aromatic N) is 3. The van der Waals surface area contributed by atoms with Gasteiger partial charge in [-0.25, -0.2) is 9.97 Å². The number of rotatable bonds is 3. The molecule has 19 heavy (non-hydrogen) atoms. The van der Waals surface area contributed by atoms with Crippen LogP contribution in [-0.2, 0) is 6.54 Å². The zero-order chi connectivity index (χ0) is 13.4. The van der Waals surface area contributed by atoms with Gasteiger partial charge in [0.25, 0.3) is 0 Å². The average Bonchev–Trinajstić information content (AvgIpc) is 2.95. The number of benzene rings is 1. The third kappa shape index (κ3) is 2.38. The van der Waals surface area contributed by atoms with Crippen molar-refractivity contribution in [3.8, 4) is 0 Å². The molecule has 2 heterocycles. The summed E-state index contributed by atoms with van der Waals surface area (Å²) in [6, 6.07) is 8.13. The maximum Gasteiger partial charge on any atom is 0.128 e. The Morgan fingerprint density at radius 2 is 2.16 bits per heavy atom. The molecule has 3 nitrogen and oxygen atoms in total. The van der Waals surface area contributed by atoms with Crippen molar-refractivity contribution in [3.05, 3.63) is 46.2 Å². The number of halogens is 1. The Balaban J connectivity index is 2.12. The second-order valence-corrected chi connectivity index (χ2v) is 6.48. The molecule has 98 valence electrons. The topological polar surface area (TPSA) is 30.7 Å². The Bertz CT molecular complexity index is 714. The highest BCUT2D eigenvalue weighted by atomic mass is 35.5. The summed E-state index contributed by atoms with van der Waals surface area (Å²) in [6.07, 6.45) is 1.93. The van der Waals surface area contributed by atoms with Crippen LogP contribution in [0.4, 0.5) is 0 Å². The van der Waals surface area contributed by atoms with Crippen molar-refractivity contribution in [1.82, 2.24) is 14.5 Å². The van der Waals surface area contributed by atoms with Crippen molar-refractivity contribution >= 4 is 34.0 Å². The van der Waals surface area contributed by atoms with Crippen LogP contribution in [-0.4, -0.2) is 14.5 Å². The van der Waals surface area contributed by atoms with Crippen molar-refractivity contribution in [2.24, 2.45) is 0 Å². The first-order valence-corrected chi connectivity index (χ1v) is 7.41. The van der Waals surface area contributed by atoms with Gasteiger partial charge in [0.2, 0.25) is 0 Å². The van der Waals surface area contributed by atoms with Crippen molar-refractivity contribution in [2.75, 3.05) is 0 Å². The first-order valence-electron chi connectivity index (χ1n) is 6.15. The van der Waals surface area contributed by atoms with Gasteiger partial charge in [-0.15, -0.1) is 22.9 Å². The van der Waals surface area contributed by atoms with E-state index >= 15 is 0 Å². The minimum atomic E-state index is -0.110. The van der Waals surface area contributed by atoms with Gasteiger partial charge >= 0.3 is 0 Å². The molecule has 0 N–H and O–H groups in total. The van der Waals surface area contributed by atoms with E-state index in [1.165, 1.54) is 4.88 Å². The van der Waals surface area contributed by atoms with Crippen molar-refractivity contribution in [3.63, 3.8) is 0 Å². The number of thiazole rings is 1. The lowest BCUT2D eigenvalue weighted by Gasteiger charge is -2.08. The minimum Gasteiger partial charge on any atom is -0.321 e. The van der Waals surface area contributed by atoms with Crippen LogP contribution in [0.5, 0.6) is 0 Å². The van der Waals surface area contributed by atoms with E-state index in [2.05, 4.69) is 20.6 Å². The quantitative estimate of drug-likeness (QED) is 0.679. The van der Waals surface area contributed by atoms with Crippen LogP contribution >= 0.6 is 22.9 Å². The summed E-state index contributed by atoms with van der Waals surface area (Å²) in [7, 11) is 0. The molecule has 0 saturated carbocycles. The lowest BCUT2D eigenvalue weighted by atomic mass is 10.3. The van der Waals surface area contributed by atoms with Gasteiger partial charge in [0.05, 0.1) is 28.0 Å². The maximum absolute atomic E-state index is 6.26. The molecule has 3 rings (SSSR count). The van der Waals surface area contributed by atoms with E-state index in [0.717, 1.165) is 28.4 Å². The van der Waals surface area contributed by atoms with Gasteiger partial charge < -0.3 is 4.57 Å². The van der Waals surface area contributed by atoms with Crippen LogP contribution in [0.2, 0.25) is 0 Å². The molecule has 1 aromatic carbocycles. The summed E-state index contributed by atoms with van der Waals surface area (Å²) < 4.78 is 2.18. The van der Waals surface area contributed by atoms with Gasteiger partial charge in [-0.2, -0.15) is 0 Å². The lowest BCUT2D eigenvalue weighted by Crippen LogP contribution is -2.04. The Morgan fingerprint density at radius 3 is 2.84 bits per heavy atom. The van der Waals surface area contributed by atoms with Crippen LogP contribution < -0.4 is 0 Å². The van der Waals surface area contributed by atoms with Crippen LogP contribution in [0.15, 0.2) is 30.5 Å². The first-order chi connectivity index (χ1) is 9.15. The highest BCUT2D eigenvalue weighted by Crippen LogP contribution is 2.26. The Hall–Kier alpha value is -1.39. The fraction of sp³-hybridized carbons (Fsp3) is 0.286. The largest absolute Gasteiger partial charge is 0.321 e. The molecule has 3 aromatic rings. The second kappa shape index (κ2) is 4.94. The van der Waals surface area contributed by atoms with E-state index in [4.69, 9.17) is 11.6 Å². The normalized spacial score (nSPS) is 13.0. The van der Waals surface area contributed by atoms with E-state index < -0.39 is 0 Å². The third-order valence-corrected chi connectivity index (χ3v) is 4.12. The Morgan fingerprint density at radius 1 is 1.37 bits per heavy atom. The number of para-hydroxylation sites is 2. The fourth-order valence-electron chi connectivity index (χ4n) is 2.20. The molecule has 1 atom stereocenters. The highest BCUT2D eigenvalue weighted by molar-refractivity contribution is 7.11. The van der Waals surface area contributed by atoms with E-state index in [0.29, 0.717) is 0 Å². The number of aryl methyl sites for hydroxylation is 1. The molecule has 0 aliphatic rings. The van der Waals surface area contributed by atoms with Gasteiger partial charge in [0, 0.05) is 11.1 Å². The molecular formula is C14H14ClN3S. The molecular weight excluding hydrogens is 278 g/mol.